The highest BCUT2D eigenvalue weighted by atomic mass is 16.5. The number of amides is 1. The van der Waals surface area contributed by atoms with Crippen LogP contribution in [-0.4, -0.2) is 16.6 Å². The van der Waals surface area contributed by atoms with E-state index in [1.165, 1.54) is 0 Å². The minimum Gasteiger partial charge on any atom is -0.486 e. The number of nitrogens with one attached hydrogen (secondary N) is 1. The molecular formula is C19H17N3O3. The lowest BCUT2D eigenvalue weighted by atomic mass is 10.2. The minimum atomic E-state index is -0.417. The molecule has 6 nitrogen and oxygen atoms in total. The molecule has 0 saturated carbocycles. The van der Waals surface area contributed by atoms with Gasteiger partial charge in [-0.05, 0) is 43.3 Å². The zero-order chi connectivity index (χ0) is 17.5. The van der Waals surface area contributed by atoms with Gasteiger partial charge in [-0.1, -0.05) is 18.2 Å². The smallest absolute Gasteiger partial charge is 0.307 e. The molecule has 2 aromatic heterocycles. The lowest BCUT2D eigenvalue weighted by molar-refractivity contribution is 0.0923. The van der Waals surface area contributed by atoms with Crippen LogP contribution in [-0.2, 0) is 6.61 Å². The number of hydrogen-bond donors (Lipinski definition) is 1. The van der Waals surface area contributed by atoms with Crippen molar-refractivity contribution in [3.8, 4) is 5.75 Å². The summed E-state index contributed by atoms with van der Waals surface area (Å²) in [6, 6.07) is 16.3. The summed E-state index contributed by atoms with van der Waals surface area (Å²) in [7, 11) is 0. The number of carbonyl (C=O) groups is 1. The molecule has 1 amide bonds. The Bertz CT molecular complexity index is 858. The molecule has 2 heterocycles. The molecule has 0 unspecified atom stereocenters. The lowest BCUT2D eigenvalue weighted by Gasteiger charge is -2.03. The van der Waals surface area contributed by atoms with Crippen molar-refractivity contribution in [2.45, 2.75) is 13.5 Å². The SMILES string of the molecule is CC(=NNC(=O)c1ccc(COc2ccccc2)o1)c1ccncc1. The first-order valence-electron chi connectivity index (χ1n) is 7.74. The number of nitrogens with zero attached hydrogens (tertiary/aromatic N) is 2. The number of aromatic nitrogens is 1. The molecule has 0 saturated heterocycles. The van der Waals surface area contributed by atoms with Crippen molar-refractivity contribution in [3.63, 3.8) is 0 Å². The Balaban J connectivity index is 1.57. The second kappa shape index (κ2) is 7.92. The van der Waals surface area contributed by atoms with E-state index in [1.807, 2.05) is 42.5 Å². The normalized spacial score (nSPS) is 11.2. The monoisotopic (exact) mass is 335 g/mol. The van der Waals surface area contributed by atoms with Gasteiger partial charge in [0.1, 0.15) is 18.1 Å². The zero-order valence-electron chi connectivity index (χ0n) is 13.7. The molecule has 0 radical (unpaired) electrons. The van der Waals surface area contributed by atoms with Gasteiger partial charge in [-0.15, -0.1) is 0 Å². The highest BCUT2D eigenvalue weighted by Gasteiger charge is 2.11. The van der Waals surface area contributed by atoms with Crippen molar-refractivity contribution in [2.75, 3.05) is 0 Å². The van der Waals surface area contributed by atoms with Gasteiger partial charge in [0.2, 0.25) is 0 Å². The Labute approximate surface area is 145 Å². The van der Waals surface area contributed by atoms with Crippen molar-refractivity contribution in [1.29, 1.82) is 0 Å². The fourth-order valence-corrected chi connectivity index (χ4v) is 2.10. The number of furan rings is 1. The molecule has 3 aromatic rings. The standard InChI is InChI=1S/C19H17N3O3/c1-14(15-9-11-20-12-10-15)21-22-19(23)18-8-7-17(25-18)13-24-16-5-3-2-4-6-16/h2-12H,13H2,1H3,(H,22,23). The van der Waals surface area contributed by atoms with Crippen LogP contribution < -0.4 is 10.2 Å². The Morgan fingerprint density at radius 1 is 1.12 bits per heavy atom. The highest BCUT2D eigenvalue weighted by Crippen LogP contribution is 2.14. The molecule has 0 fully saturated rings. The zero-order valence-corrected chi connectivity index (χ0v) is 13.7. The summed E-state index contributed by atoms with van der Waals surface area (Å²) in [6.07, 6.45) is 3.34. The molecule has 3 rings (SSSR count). The topological polar surface area (TPSA) is 76.7 Å². The third kappa shape index (κ3) is 4.54. The van der Waals surface area contributed by atoms with Crippen LogP contribution in [0.1, 0.15) is 28.8 Å². The van der Waals surface area contributed by atoms with Crippen LogP contribution in [0.25, 0.3) is 0 Å². The summed E-state index contributed by atoms with van der Waals surface area (Å²) in [5, 5.41) is 4.07. The molecule has 0 aliphatic carbocycles. The lowest BCUT2D eigenvalue weighted by Crippen LogP contribution is -2.18. The maximum absolute atomic E-state index is 12.1. The average molecular weight is 335 g/mol. The fourth-order valence-electron chi connectivity index (χ4n) is 2.10. The summed E-state index contributed by atoms with van der Waals surface area (Å²) in [6.45, 7) is 2.05. The molecule has 126 valence electrons. The van der Waals surface area contributed by atoms with Gasteiger partial charge in [-0.3, -0.25) is 9.78 Å². The van der Waals surface area contributed by atoms with Gasteiger partial charge in [0.15, 0.2) is 5.76 Å². The maximum atomic E-state index is 12.1. The van der Waals surface area contributed by atoms with Crippen LogP contribution in [0.2, 0.25) is 0 Å². The van der Waals surface area contributed by atoms with Crippen molar-refractivity contribution >= 4 is 11.6 Å². The Kier molecular flexibility index (Phi) is 5.21. The molecule has 6 heteroatoms. The van der Waals surface area contributed by atoms with E-state index in [-0.39, 0.29) is 12.4 Å². The quantitative estimate of drug-likeness (QED) is 0.553. The molecule has 0 bridgehead atoms. The van der Waals surface area contributed by atoms with Gasteiger partial charge in [0, 0.05) is 18.0 Å². The van der Waals surface area contributed by atoms with Crippen molar-refractivity contribution in [3.05, 3.63) is 84.1 Å². The van der Waals surface area contributed by atoms with E-state index < -0.39 is 5.91 Å². The number of benzene rings is 1. The molecule has 0 spiro atoms. The number of rotatable bonds is 6. The van der Waals surface area contributed by atoms with Crippen LogP contribution in [0, 0.1) is 0 Å². The number of para-hydroxylation sites is 1. The molecular weight excluding hydrogens is 318 g/mol. The van der Waals surface area contributed by atoms with Gasteiger partial charge in [-0.2, -0.15) is 5.10 Å². The number of hydrogen-bond acceptors (Lipinski definition) is 5. The fraction of sp³-hybridized carbons (Fsp3) is 0.105. The minimum absolute atomic E-state index is 0.179. The second-order valence-corrected chi connectivity index (χ2v) is 5.24. The van der Waals surface area contributed by atoms with Gasteiger partial charge in [0.05, 0.1) is 5.71 Å². The van der Waals surface area contributed by atoms with E-state index >= 15 is 0 Å². The molecule has 25 heavy (non-hydrogen) atoms. The van der Waals surface area contributed by atoms with Crippen molar-refractivity contribution < 1.29 is 13.9 Å². The average Bonchev–Trinajstić information content (AvgIpc) is 3.15. The van der Waals surface area contributed by atoms with E-state index in [4.69, 9.17) is 9.15 Å². The van der Waals surface area contributed by atoms with Gasteiger partial charge in [0.25, 0.3) is 0 Å². The molecule has 0 atom stereocenters. The molecule has 0 aliphatic rings. The van der Waals surface area contributed by atoms with Crippen molar-refractivity contribution in [2.24, 2.45) is 5.10 Å². The largest absolute Gasteiger partial charge is 0.486 e. The number of hydrazone groups is 1. The Morgan fingerprint density at radius 3 is 2.64 bits per heavy atom. The first kappa shape index (κ1) is 16.4. The molecule has 0 aliphatic heterocycles. The van der Waals surface area contributed by atoms with E-state index in [1.54, 1.807) is 31.5 Å². The third-order valence-corrected chi connectivity index (χ3v) is 3.43. The first-order valence-corrected chi connectivity index (χ1v) is 7.74. The first-order chi connectivity index (χ1) is 12.2. The van der Waals surface area contributed by atoms with Crippen LogP contribution in [0.4, 0.5) is 0 Å². The molecule has 1 aromatic carbocycles. The maximum Gasteiger partial charge on any atom is 0.307 e. The van der Waals surface area contributed by atoms with Gasteiger partial charge >= 0.3 is 5.91 Å². The summed E-state index contributed by atoms with van der Waals surface area (Å²) in [5.74, 6) is 1.06. The van der Waals surface area contributed by atoms with E-state index in [0.29, 0.717) is 11.5 Å². The highest BCUT2D eigenvalue weighted by molar-refractivity contribution is 6.00. The van der Waals surface area contributed by atoms with Crippen LogP contribution in [0.15, 0.2) is 76.5 Å². The van der Waals surface area contributed by atoms with E-state index in [2.05, 4.69) is 15.5 Å². The van der Waals surface area contributed by atoms with Gasteiger partial charge < -0.3 is 9.15 Å². The Morgan fingerprint density at radius 2 is 1.88 bits per heavy atom. The van der Waals surface area contributed by atoms with E-state index in [9.17, 15) is 4.79 Å². The Hall–Kier alpha value is -3.41. The summed E-state index contributed by atoms with van der Waals surface area (Å²) in [4.78, 5) is 16.0. The van der Waals surface area contributed by atoms with Crippen molar-refractivity contribution in [1.82, 2.24) is 10.4 Å². The summed E-state index contributed by atoms with van der Waals surface area (Å²) in [5.41, 5.74) is 4.04. The predicted molar refractivity (Wildman–Crippen MR) is 93.4 cm³/mol. The number of ether oxygens (including phenoxy) is 1. The molecule has 1 N–H and O–H groups in total. The third-order valence-electron chi connectivity index (χ3n) is 3.43. The number of pyridine rings is 1. The van der Waals surface area contributed by atoms with Crippen LogP contribution in [0.5, 0.6) is 5.75 Å². The van der Waals surface area contributed by atoms with Crippen LogP contribution >= 0.6 is 0 Å². The predicted octanol–water partition coefficient (Wildman–Crippen LogP) is 3.41. The summed E-state index contributed by atoms with van der Waals surface area (Å²) >= 11 is 0. The van der Waals surface area contributed by atoms with Crippen LogP contribution in [0.3, 0.4) is 0 Å². The summed E-state index contributed by atoms with van der Waals surface area (Å²) < 4.78 is 11.1. The van der Waals surface area contributed by atoms with E-state index in [0.717, 1.165) is 11.3 Å². The number of carbonyl (C=O) groups excluding carboxylic acids is 1. The second-order valence-electron chi connectivity index (χ2n) is 5.24. The van der Waals surface area contributed by atoms with Gasteiger partial charge in [-0.25, -0.2) is 5.43 Å².